The van der Waals surface area contributed by atoms with Gasteiger partial charge < -0.3 is 10.2 Å². The summed E-state index contributed by atoms with van der Waals surface area (Å²) >= 11 is 0. The normalized spacial score (nSPS) is 41.2. The van der Waals surface area contributed by atoms with Gasteiger partial charge in [-0.1, -0.05) is 58.2 Å². The van der Waals surface area contributed by atoms with Crippen LogP contribution in [0.25, 0.3) is 0 Å². The number of benzene rings is 1. The predicted molar refractivity (Wildman–Crippen MR) is 163 cm³/mol. The van der Waals surface area contributed by atoms with Crippen LogP contribution in [0, 0.1) is 59.2 Å². The summed E-state index contributed by atoms with van der Waals surface area (Å²) in [5, 5.41) is 22.4. The van der Waals surface area contributed by atoms with E-state index in [1.54, 1.807) is 24.3 Å². The first-order chi connectivity index (χ1) is 19.3. The van der Waals surface area contributed by atoms with Crippen molar-refractivity contribution < 1.29 is 23.4 Å². The van der Waals surface area contributed by atoms with Crippen LogP contribution in [0.5, 0.6) is 0 Å². The molecular weight excluding hydrogens is 532 g/mol. The zero-order valence-corrected chi connectivity index (χ0v) is 26.8. The molecule has 5 rings (SSSR count). The van der Waals surface area contributed by atoms with E-state index in [9.17, 15) is 23.4 Å². The van der Waals surface area contributed by atoms with Crippen LogP contribution in [0.3, 0.4) is 0 Å². The Kier molecular flexibility index (Phi) is 8.89. The van der Waals surface area contributed by atoms with Crippen molar-refractivity contribution in [2.75, 3.05) is 5.75 Å². The number of hydrogen-bond donors (Lipinski definition) is 2. The van der Waals surface area contributed by atoms with Crippen LogP contribution in [0.15, 0.2) is 29.2 Å². The molecule has 4 saturated carbocycles. The summed E-state index contributed by atoms with van der Waals surface area (Å²) in [7, 11) is -3.60. The third kappa shape index (κ3) is 5.59. The maximum absolute atomic E-state index is 12.7. The summed E-state index contributed by atoms with van der Waals surface area (Å²) in [5.74, 6) is 2.55. The topological polar surface area (TPSA) is 91.7 Å². The van der Waals surface area contributed by atoms with Crippen molar-refractivity contribution >= 4 is 15.6 Å². The first-order valence-corrected chi connectivity index (χ1v) is 18.1. The van der Waals surface area contributed by atoms with Crippen LogP contribution < -0.4 is 0 Å². The third-order valence-corrected chi connectivity index (χ3v) is 14.7. The number of aryl methyl sites for hydroxylation is 1. The molecule has 1 aromatic rings. The molecule has 11 atom stereocenters. The average molecular weight is 587 g/mol. The highest BCUT2D eigenvalue weighted by Crippen LogP contribution is 2.69. The molecule has 4 aliphatic carbocycles. The summed E-state index contributed by atoms with van der Waals surface area (Å²) < 4.78 is 25.4. The fourth-order valence-corrected chi connectivity index (χ4v) is 12.2. The second-order valence-electron chi connectivity index (χ2n) is 15.1. The van der Waals surface area contributed by atoms with E-state index in [-0.39, 0.29) is 39.6 Å². The van der Waals surface area contributed by atoms with Crippen LogP contribution in [-0.2, 0) is 14.6 Å². The monoisotopic (exact) mass is 586 g/mol. The molecule has 1 unspecified atom stereocenters. The highest BCUT2D eigenvalue weighted by molar-refractivity contribution is 7.92. The molecule has 2 N–H and O–H groups in total. The molecule has 41 heavy (non-hydrogen) atoms. The highest BCUT2D eigenvalue weighted by atomic mass is 32.2. The Labute approximate surface area is 248 Å². The predicted octanol–water partition coefficient (Wildman–Crippen LogP) is 6.77. The molecule has 0 radical (unpaired) electrons. The van der Waals surface area contributed by atoms with Gasteiger partial charge >= 0.3 is 0 Å². The van der Waals surface area contributed by atoms with Crippen LogP contribution >= 0.6 is 0 Å². The Balaban J connectivity index is 1.22. The standard InChI is InChI=1S/C35H54O5S/c1-6-27-31-20-24(36)16-18-35(31,5)30-17-19-34(4)28(14-15-29(34)32(30)33(27)38)23(3)8-7-9-25(37)21-41(39,40)26-12-10-22(2)11-13-26/h10-13,23-24,27-33,36,38H,6-9,14-21H2,1-5H3/t23-,24-,27-,28?,29+,30+,31+,32+,33-,34-,35-/m1/s1. The van der Waals surface area contributed by atoms with Gasteiger partial charge in [0.25, 0.3) is 0 Å². The van der Waals surface area contributed by atoms with Gasteiger partial charge in [0.05, 0.1) is 17.1 Å². The summed E-state index contributed by atoms with van der Waals surface area (Å²) in [6.07, 6.45) is 10.0. The minimum atomic E-state index is -3.60. The minimum absolute atomic E-state index is 0.190. The number of Topliss-reactive ketones (excluding diaryl/α,β-unsaturated/α-hetero) is 1. The van der Waals surface area contributed by atoms with Gasteiger partial charge in [-0.05, 0) is 123 Å². The number of aliphatic hydroxyl groups excluding tert-OH is 2. The summed E-state index contributed by atoms with van der Waals surface area (Å²) in [6, 6.07) is 6.73. The second-order valence-corrected chi connectivity index (χ2v) is 17.1. The van der Waals surface area contributed by atoms with Crippen LogP contribution in [-0.4, -0.2) is 42.4 Å². The molecule has 5 nitrogen and oxygen atoms in total. The number of carbonyl (C=O) groups excluding carboxylic acids is 1. The van der Waals surface area contributed by atoms with Gasteiger partial charge in [0, 0.05) is 6.42 Å². The molecule has 0 aliphatic heterocycles. The fourth-order valence-electron chi connectivity index (χ4n) is 10.9. The number of carbonyl (C=O) groups is 1. The summed E-state index contributed by atoms with van der Waals surface area (Å²) in [6.45, 7) is 11.5. The number of ketones is 1. The van der Waals surface area contributed by atoms with E-state index < -0.39 is 15.6 Å². The van der Waals surface area contributed by atoms with E-state index in [4.69, 9.17) is 0 Å². The molecule has 230 valence electrons. The lowest BCUT2D eigenvalue weighted by Crippen LogP contribution is -2.62. The molecular formula is C35H54O5S. The molecule has 0 bridgehead atoms. The van der Waals surface area contributed by atoms with Crippen LogP contribution in [0.1, 0.15) is 104 Å². The first kappa shape index (κ1) is 31.2. The molecule has 0 aromatic heterocycles. The molecule has 0 saturated heterocycles. The Hall–Kier alpha value is -1.24. The molecule has 0 amide bonds. The van der Waals surface area contributed by atoms with E-state index in [1.807, 2.05) is 6.92 Å². The van der Waals surface area contributed by atoms with Gasteiger partial charge in [-0.25, -0.2) is 8.42 Å². The maximum Gasteiger partial charge on any atom is 0.185 e. The Bertz CT molecular complexity index is 1190. The van der Waals surface area contributed by atoms with Crippen molar-refractivity contribution in [1.82, 2.24) is 0 Å². The lowest BCUT2D eigenvalue weighted by Gasteiger charge is -2.64. The second kappa shape index (κ2) is 11.7. The van der Waals surface area contributed by atoms with Crippen molar-refractivity contribution in [3.05, 3.63) is 29.8 Å². The van der Waals surface area contributed by atoms with Gasteiger partial charge in [-0.3, -0.25) is 4.79 Å². The SMILES string of the molecule is CC[C@H]1[C@@H](O)[C@@H]2[C@H](CC[C@]3(C)C([C@H](C)CCCC(=O)CS(=O)(=O)c4ccc(C)cc4)CC[C@@H]23)[C@@]2(C)CC[C@@H](O)C[C@@H]12. The molecule has 0 spiro atoms. The Morgan fingerprint density at radius 2 is 1.63 bits per heavy atom. The van der Waals surface area contributed by atoms with Crippen molar-refractivity contribution in [3.8, 4) is 0 Å². The zero-order valence-electron chi connectivity index (χ0n) is 26.0. The minimum Gasteiger partial charge on any atom is -0.393 e. The average Bonchev–Trinajstić information content (AvgIpc) is 3.27. The smallest absolute Gasteiger partial charge is 0.185 e. The molecule has 6 heteroatoms. The third-order valence-electron chi connectivity index (χ3n) is 13.0. The summed E-state index contributed by atoms with van der Waals surface area (Å²) in [4.78, 5) is 12.9. The number of hydrogen-bond acceptors (Lipinski definition) is 5. The largest absolute Gasteiger partial charge is 0.393 e. The molecule has 1 aromatic carbocycles. The Morgan fingerprint density at radius 3 is 2.32 bits per heavy atom. The number of fused-ring (bicyclic) bond motifs is 5. The van der Waals surface area contributed by atoms with E-state index in [0.717, 1.165) is 44.1 Å². The van der Waals surface area contributed by atoms with Gasteiger partial charge in [-0.15, -0.1) is 0 Å². The van der Waals surface area contributed by atoms with Crippen molar-refractivity contribution in [2.45, 2.75) is 122 Å². The number of rotatable bonds is 9. The lowest BCUT2D eigenvalue weighted by molar-refractivity contribution is -0.203. The Morgan fingerprint density at radius 1 is 0.976 bits per heavy atom. The number of sulfone groups is 1. The maximum atomic E-state index is 12.7. The van der Waals surface area contributed by atoms with Crippen molar-refractivity contribution in [2.24, 2.45) is 52.3 Å². The molecule has 4 aliphatic rings. The molecule has 4 fully saturated rings. The van der Waals surface area contributed by atoms with Crippen LogP contribution in [0.2, 0.25) is 0 Å². The molecule has 0 heterocycles. The van der Waals surface area contributed by atoms with E-state index in [0.29, 0.717) is 41.9 Å². The quantitative estimate of drug-likeness (QED) is 0.333. The van der Waals surface area contributed by atoms with E-state index in [1.165, 1.54) is 25.7 Å². The van der Waals surface area contributed by atoms with E-state index in [2.05, 4.69) is 27.7 Å². The number of aliphatic hydroxyl groups is 2. The van der Waals surface area contributed by atoms with Gasteiger partial charge in [0.15, 0.2) is 9.84 Å². The highest BCUT2D eigenvalue weighted by Gasteiger charge is 2.64. The van der Waals surface area contributed by atoms with Gasteiger partial charge in [0.2, 0.25) is 0 Å². The van der Waals surface area contributed by atoms with E-state index >= 15 is 0 Å². The zero-order chi connectivity index (χ0) is 29.7. The van der Waals surface area contributed by atoms with Gasteiger partial charge in [-0.2, -0.15) is 0 Å². The first-order valence-electron chi connectivity index (χ1n) is 16.5. The van der Waals surface area contributed by atoms with Gasteiger partial charge in [0.1, 0.15) is 11.5 Å². The lowest BCUT2D eigenvalue weighted by atomic mass is 9.41. The fraction of sp³-hybridized carbons (Fsp3) is 0.800. The van der Waals surface area contributed by atoms with Crippen LogP contribution in [0.4, 0.5) is 0 Å². The summed E-state index contributed by atoms with van der Waals surface area (Å²) in [5.41, 5.74) is 1.42. The van der Waals surface area contributed by atoms with Crippen molar-refractivity contribution in [1.29, 1.82) is 0 Å². The van der Waals surface area contributed by atoms with Crippen molar-refractivity contribution in [3.63, 3.8) is 0 Å².